The summed E-state index contributed by atoms with van der Waals surface area (Å²) in [5.74, 6) is 1.39. The Balaban J connectivity index is 1.60. The van der Waals surface area contributed by atoms with Crippen LogP contribution in [0.15, 0.2) is 36.5 Å². The highest BCUT2D eigenvalue weighted by atomic mass is 35.5. The molecule has 2 aromatic heterocycles. The van der Waals surface area contributed by atoms with Crippen LogP contribution in [-0.4, -0.2) is 27.7 Å². The van der Waals surface area contributed by atoms with Crippen LogP contribution in [0.4, 0.5) is 5.95 Å². The maximum Gasteiger partial charge on any atom is 0.231 e. The fourth-order valence-corrected chi connectivity index (χ4v) is 3.84. The lowest BCUT2D eigenvalue weighted by Gasteiger charge is -2.19. The van der Waals surface area contributed by atoms with E-state index in [4.69, 9.17) is 27.9 Å². The van der Waals surface area contributed by atoms with Crippen molar-refractivity contribution in [2.45, 2.75) is 32.3 Å². The molecule has 0 amide bonds. The van der Waals surface area contributed by atoms with Crippen LogP contribution in [0.25, 0.3) is 5.65 Å². The van der Waals surface area contributed by atoms with E-state index >= 15 is 0 Å². The van der Waals surface area contributed by atoms with Crippen LogP contribution < -0.4 is 9.64 Å². The van der Waals surface area contributed by atoms with Gasteiger partial charge in [-0.05, 0) is 31.0 Å². The molecule has 5 nitrogen and oxygen atoms in total. The SMILES string of the molecule is Clc1cccc(Cl)c1OCc1cccn2c(N3CCCCCC3)nnc12. The Morgan fingerprint density at radius 1 is 0.923 bits per heavy atom. The Labute approximate surface area is 162 Å². The average molecular weight is 391 g/mol. The largest absolute Gasteiger partial charge is 0.486 e. The Bertz CT molecular complexity index is 883. The number of aromatic nitrogens is 3. The van der Waals surface area contributed by atoms with E-state index in [0.717, 1.165) is 30.2 Å². The molecule has 26 heavy (non-hydrogen) atoms. The van der Waals surface area contributed by atoms with Gasteiger partial charge in [-0.3, -0.25) is 4.40 Å². The molecule has 0 aliphatic carbocycles. The number of halogens is 2. The second kappa shape index (κ2) is 7.72. The molecule has 0 N–H and O–H groups in total. The Morgan fingerprint density at radius 2 is 1.65 bits per heavy atom. The molecule has 0 spiro atoms. The summed E-state index contributed by atoms with van der Waals surface area (Å²) in [4.78, 5) is 2.32. The quantitative estimate of drug-likeness (QED) is 0.628. The Kier molecular flexibility index (Phi) is 5.18. The zero-order valence-corrected chi connectivity index (χ0v) is 15.9. The summed E-state index contributed by atoms with van der Waals surface area (Å²) in [5.41, 5.74) is 1.74. The number of hydrogen-bond donors (Lipinski definition) is 0. The van der Waals surface area contributed by atoms with Crippen molar-refractivity contribution in [3.63, 3.8) is 0 Å². The maximum absolute atomic E-state index is 6.19. The maximum atomic E-state index is 6.19. The second-order valence-corrected chi connectivity index (χ2v) is 7.28. The van der Waals surface area contributed by atoms with Crippen molar-refractivity contribution in [2.24, 2.45) is 0 Å². The van der Waals surface area contributed by atoms with E-state index in [0.29, 0.717) is 22.4 Å². The number of fused-ring (bicyclic) bond motifs is 1. The highest BCUT2D eigenvalue weighted by Gasteiger charge is 2.17. The molecule has 1 aliphatic rings. The van der Waals surface area contributed by atoms with Gasteiger partial charge in [-0.25, -0.2) is 0 Å². The first-order valence-electron chi connectivity index (χ1n) is 8.88. The first-order chi connectivity index (χ1) is 12.7. The smallest absolute Gasteiger partial charge is 0.231 e. The second-order valence-electron chi connectivity index (χ2n) is 6.47. The van der Waals surface area contributed by atoms with Gasteiger partial charge in [-0.2, -0.15) is 0 Å². The minimum absolute atomic E-state index is 0.325. The number of pyridine rings is 1. The van der Waals surface area contributed by atoms with Crippen LogP contribution in [0.1, 0.15) is 31.2 Å². The molecule has 1 aromatic carbocycles. The standard InChI is InChI=1S/C19H20Cl2N4O/c20-15-8-5-9-16(21)17(15)26-13-14-7-6-12-25-18(14)22-23-19(25)24-10-3-1-2-4-11-24/h5-9,12H,1-4,10-11,13H2. The summed E-state index contributed by atoms with van der Waals surface area (Å²) in [7, 11) is 0. The van der Waals surface area contributed by atoms with Crippen molar-refractivity contribution < 1.29 is 4.74 Å². The van der Waals surface area contributed by atoms with Gasteiger partial charge in [0.25, 0.3) is 0 Å². The number of rotatable bonds is 4. The number of nitrogens with zero attached hydrogens (tertiary/aromatic N) is 4. The Morgan fingerprint density at radius 3 is 2.38 bits per heavy atom. The molecular formula is C19H20Cl2N4O. The predicted octanol–water partition coefficient (Wildman–Crippen LogP) is 5.00. The van der Waals surface area contributed by atoms with E-state index < -0.39 is 0 Å². The molecule has 3 heterocycles. The minimum Gasteiger partial charge on any atom is -0.486 e. The molecule has 4 rings (SSSR count). The van der Waals surface area contributed by atoms with E-state index in [1.54, 1.807) is 18.2 Å². The monoisotopic (exact) mass is 390 g/mol. The van der Waals surface area contributed by atoms with Gasteiger partial charge in [0.05, 0.1) is 10.0 Å². The van der Waals surface area contributed by atoms with Crippen molar-refractivity contribution >= 4 is 34.8 Å². The van der Waals surface area contributed by atoms with Crippen LogP contribution in [0, 0.1) is 0 Å². The van der Waals surface area contributed by atoms with Crippen molar-refractivity contribution in [1.29, 1.82) is 0 Å². The molecule has 1 fully saturated rings. The third kappa shape index (κ3) is 3.46. The van der Waals surface area contributed by atoms with Crippen LogP contribution in [0.2, 0.25) is 10.0 Å². The van der Waals surface area contributed by atoms with Crippen LogP contribution in [0.3, 0.4) is 0 Å². The highest BCUT2D eigenvalue weighted by molar-refractivity contribution is 6.37. The topological polar surface area (TPSA) is 42.7 Å². The zero-order chi connectivity index (χ0) is 17.9. The van der Waals surface area contributed by atoms with Gasteiger partial charge in [0.1, 0.15) is 6.61 Å². The van der Waals surface area contributed by atoms with Crippen molar-refractivity contribution in [2.75, 3.05) is 18.0 Å². The summed E-state index contributed by atoms with van der Waals surface area (Å²) in [6.07, 6.45) is 6.96. The fourth-order valence-electron chi connectivity index (χ4n) is 3.33. The first-order valence-corrected chi connectivity index (χ1v) is 9.64. The van der Waals surface area contributed by atoms with Crippen molar-refractivity contribution in [1.82, 2.24) is 14.6 Å². The molecule has 0 bridgehead atoms. The van der Waals surface area contributed by atoms with E-state index in [1.165, 1.54) is 25.7 Å². The van der Waals surface area contributed by atoms with Gasteiger partial charge < -0.3 is 9.64 Å². The lowest BCUT2D eigenvalue weighted by atomic mass is 10.2. The summed E-state index contributed by atoms with van der Waals surface area (Å²) in [5, 5.41) is 9.84. The van der Waals surface area contributed by atoms with Gasteiger partial charge in [0.2, 0.25) is 5.95 Å². The van der Waals surface area contributed by atoms with Crippen LogP contribution in [-0.2, 0) is 6.61 Å². The van der Waals surface area contributed by atoms with E-state index in [1.807, 2.05) is 22.7 Å². The first kappa shape index (κ1) is 17.4. The fraction of sp³-hybridized carbons (Fsp3) is 0.368. The molecule has 0 atom stereocenters. The molecule has 3 aromatic rings. The lowest BCUT2D eigenvalue weighted by molar-refractivity contribution is 0.307. The van der Waals surface area contributed by atoms with Crippen LogP contribution in [0.5, 0.6) is 5.75 Å². The number of ether oxygens (including phenoxy) is 1. The van der Waals surface area contributed by atoms with Gasteiger partial charge in [-0.15, -0.1) is 10.2 Å². The highest BCUT2D eigenvalue weighted by Crippen LogP contribution is 2.33. The lowest BCUT2D eigenvalue weighted by Crippen LogP contribution is -2.26. The Hall–Kier alpha value is -1.98. The number of para-hydroxylation sites is 1. The normalized spacial score (nSPS) is 15.2. The third-order valence-corrected chi connectivity index (χ3v) is 5.27. The van der Waals surface area contributed by atoms with Gasteiger partial charge >= 0.3 is 0 Å². The molecular weight excluding hydrogens is 371 g/mol. The molecule has 0 saturated carbocycles. The summed E-state index contributed by atoms with van der Waals surface area (Å²) in [6, 6.07) is 9.30. The van der Waals surface area contributed by atoms with Crippen molar-refractivity contribution in [3.8, 4) is 5.75 Å². The molecule has 7 heteroatoms. The minimum atomic E-state index is 0.325. The molecule has 1 saturated heterocycles. The predicted molar refractivity (Wildman–Crippen MR) is 104 cm³/mol. The van der Waals surface area contributed by atoms with Crippen LogP contribution >= 0.6 is 23.2 Å². The third-order valence-electron chi connectivity index (χ3n) is 4.68. The molecule has 136 valence electrons. The van der Waals surface area contributed by atoms with E-state index in [-0.39, 0.29) is 0 Å². The molecule has 1 aliphatic heterocycles. The van der Waals surface area contributed by atoms with E-state index in [9.17, 15) is 0 Å². The summed E-state index contributed by atoms with van der Waals surface area (Å²) >= 11 is 12.4. The summed E-state index contributed by atoms with van der Waals surface area (Å²) < 4.78 is 7.92. The number of anilines is 1. The van der Waals surface area contributed by atoms with Crippen molar-refractivity contribution in [3.05, 3.63) is 52.1 Å². The van der Waals surface area contributed by atoms with Gasteiger partial charge in [0, 0.05) is 24.8 Å². The number of hydrogen-bond acceptors (Lipinski definition) is 4. The zero-order valence-electron chi connectivity index (χ0n) is 14.4. The molecule has 0 radical (unpaired) electrons. The molecule has 0 unspecified atom stereocenters. The van der Waals surface area contributed by atoms with Gasteiger partial charge in [0.15, 0.2) is 11.4 Å². The average Bonchev–Trinajstić information content (AvgIpc) is 2.89. The summed E-state index contributed by atoms with van der Waals surface area (Å²) in [6.45, 7) is 2.37. The number of benzene rings is 1. The van der Waals surface area contributed by atoms with E-state index in [2.05, 4.69) is 15.1 Å². The van der Waals surface area contributed by atoms with Gasteiger partial charge in [-0.1, -0.05) is 48.2 Å².